The molecule has 0 spiro atoms. The number of fused-ring (bicyclic) bond motifs is 1. The highest BCUT2D eigenvalue weighted by atomic mass is 35.5. The van der Waals surface area contributed by atoms with E-state index in [-0.39, 0.29) is 24.1 Å². The number of aryl methyl sites for hydroxylation is 1. The van der Waals surface area contributed by atoms with Crippen LogP contribution in [0.1, 0.15) is 32.7 Å². The highest BCUT2D eigenvalue weighted by Crippen LogP contribution is 2.35. The lowest BCUT2D eigenvalue weighted by Crippen LogP contribution is -2.37. The average Bonchev–Trinajstić information content (AvgIpc) is 3.09. The van der Waals surface area contributed by atoms with E-state index in [0.717, 1.165) is 22.2 Å². The van der Waals surface area contributed by atoms with Crippen molar-refractivity contribution in [2.75, 3.05) is 18.5 Å². The number of benzene rings is 3. The van der Waals surface area contributed by atoms with Gasteiger partial charge in [-0.3, -0.25) is 19.4 Å². The summed E-state index contributed by atoms with van der Waals surface area (Å²) in [6.45, 7) is 2.09. The quantitative estimate of drug-likeness (QED) is 0.155. The summed E-state index contributed by atoms with van der Waals surface area (Å²) in [5.74, 6) is -0.475. The molecule has 47 heavy (non-hydrogen) atoms. The molecule has 3 amide bonds. The number of para-hydroxylation sites is 1. The van der Waals surface area contributed by atoms with Crippen molar-refractivity contribution < 1.29 is 19.1 Å². The van der Waals surface area contributed by atoms with Gasteiger partial charge in [-0.15, -0.1) is 0 Å². The molecule has 2 N–H and O–H groups in total. The first kappa shape index (κ1) is 33.1. The van der Waals surface area contributed by atoms with Gasteiger partial charge in [-0.2, -0.15) is 0 Å². The molecule has 11 heteroatoms. The van der Waals surface area contributed by atoms with Gasteiger partial charge in [-0.1, -0.05) is 53.5 Å². The van der Waals surface area contributed by atoms with Gasteiger partial charge in [0.2, 0.25) is 11.8 Å². The van der Waals surface area contributed by atoms with Crippen LogP contribution in [0.2, 0.25) is 10.0 Å². The number of nitrogens with zero attached hydrogens (tertiary/aromatic N) is 3. The van der Waals surface area contributed by atoms with E-state index >= 15 is 0 Å². The molecule has 5 rings (SSSR count). The van der Waals surface area contributed by atoms with E-state index in [2.05, 4.69) is 20.6 Å². The number of pyridine rings is 2. The van der Waals surface area contributed by atoms with E-state index in [9.17, 15) is 14.4 Å². The second-order valence-corrected chi connectivity index (χ2v) is 11.4. The minimum atomic E-state index is -0.457. The van der Waals surface area contributed by atoms with E-state index in [1.165, 1.54) is 11.0 Å². The Morgan fingerprint density at radius 1 is 0.915 bits per heavy atom. The average molecular weight is 669 g/mol. The molecule has 0 bridgehead atoms. The first-order chi connectivity index (χ1) is 22.7. The Balaban J connectivity index is 1.14. The number of amides is 3. The molecule has 0 fully saturated rings. The van der Waals surface area contributed by atoms with Gasteiger partial charge in [-0.05, 0) is 72.7 Å². The first-order valence-corrected chi connectivity index (χ1v) is 15.4. The van der Waals surface area contributed by atoms with E-state index in [0.29, 0.717) is 39.7 Å². The van der Waals surface area contributed by atoms with Crippen molar-refractivity contribution in [2.24, 2.45) is 0 Å². The Hall–Kier alpha value is -5.25. The predicted octanol–water partition coefficient (Wildman–Crippen LogP) is 6.55. The van der Waals surface area contributed by atoms with Crippen LogP contribution in [-0.2, 0) is 22.7 Å². The van der Waals surface area contributed by atoms with Gasteiger partial charge in [-0.25, -0.2) is 4.98 Å². The molecular weight excluding hydrogens is 637 g/mol. The number of carbonyl (C=O) groups is 3. The van der Waals surface area contributed by atoms with Gasteiger partial charge in [0.1, 0.15) is 17.9 Å². The summed E-state index contributed by atoms with van der Waals surface area (Å²) in [6, 6.07) is 23.3. The third-order valence-corrected chi connectivity index (χ3v) is 8.09. The first-order valence-electron chi connectivity index (χ1n) is 14.7. The zero-order valence-electron chi connectivity index (χ0n) is 25.7. The van der Waals surface area contributed by atoms with Crippen LogP contribution in [0, 0.1) is 6.92 Å². The van der Waals surface area contributed by atoms with E-state index in [1.54, 1.807) is 61.9 Å². The molecule has 238 valence electrons. The summed E-state index contributed by atoms with van der Waals surface area (Å²) in [5.41, 5.74) is 4.67. The minimum absolute atomic E-state index is 0.0566. The van der Waals surface area contributed by atoms with Crippen molar-refractivity contribution in [1.29, 1.82) is 0 Å². The highest BCUT2D eigenvalue weighted by molar-refractivity contribution is 6.38. The molecule has 0 aliphatic carbocycles. The lowest BCUT2D eigenvalue weighted by Gasteiger charge is -2.21. The summed E-state index contributed by atoms with van der Waals surface area (Å²) < 4.78 is 6.08. The smallest absolute Gasteiger partial charge is 0.251 e. The van der Waals surface area contributed by atoms with E-state index in [4.69, 9.17) is 27.9 Å². The zero-order chi connectivity index (χ0) is 33.3. The summed E-state index contributed by atoms with van der Waals surface area (Å²) in [6.07, 6.45) is 6.25. The van der Waals surface area contributed by atoms with Gasteiger partial charge in [0.15, 0.2) is 0 Å². The van der Waals surface area contributed by atoms with Crippen LogP contribution in [0.4, 0.5) is 5.69 Å². The molecule has 0 atom stereocenters. The molecular formula is C36H31Cl2N5O4. The number of nitrogens with one attached hydrogen (secondary N) is 2. The van der Waals surface area contributed by atoms with Crippen LogP contribution >= 0.6 is 23.2 Å². The van der Waals surface area contributed by atoms with Crippen molar-refractivity contribution in [2.45, 2.75) is 20.1 Å². The second-order valence-electron chi connectivity index (χ2n) is 10.6. The molecule has 9 nitrogen and oxygen atoms in total. The second kappa shape index (κ2) is 15.4. The van der Waals surface area contributed by atoms with Gasteiger partial charge in [0, 0.05) is 59.3 Å². The zero-order valence-corrected chi connectivity index (χ0v) is 27.2. The van der Waals surface area contributed by atoms with Gasteiger partial charge in [0.25, 0.3) is 5.91 Å². The molecule has 0 saturated heterocycles. The Morgan fingerprint density at radius 2 is 1.68 bits per heavy atom. The SMILES string of the molecule is Cc1ccc2cccc(OCc3c(Cl)ccc(N(C)C(=O)CNC(=O)/C=C/c4ccc(C(=O)NCc5ccncc5)cc4)c3Cl)c2n1. The lowest BCUT2D eigenvalue weighted by atomic mass is 10.1. The number of aromatic nitrogens is 2. The number of halogens is 2. The van der Waals surface area contributed by atoms with Crippen LogP contribution in [-0.4, -0.2) is 41.3 Å². The number of likely N-dealkylation sites (N-methyl/N-ethyl adjacent to an activating group) is 1. The van der Waals surface area contributed by atoms with Crippen molar-refractivity contribution in [3.05, 3.63) is 135 Å². The Morgan fingerprint density at radius 3 is 2.45 bits per heavy atom. The molecule has 0 unspecified atom stereocenters. The number of anilines is 1. The maximum absolute atomic E-state index is 13.0. The van der Waals surface area contributed by atoms with Crippen LogP contribution in [0.5, 0.6) is 5.75 Å². The van der Waals surface area contributed by atoms with Crippen LogP contribution < -0.4 is 20.3 Å². The predicted molar refractivity (Wildman–Crippen MR) is 185 cm³/mol. The largest absolute Gasteiger partial charge is 0.487 e. The van der Waals surface area contributed by atoms with Crippen molar-refractivity contribution >= 4 is 63.6 Å². The van der Waals surface area contributed by atoms with Gasteiger partial charge >= 0.3 is 0 Å². The number of hydrogen-bond donors (Lipinski definition) is 2. The van der Waals surface area contributed by atoms with Crippen LogP contribution in [0.15, 0.2) is 97.3 Å². The number of ether oxygens (including phenoxy) is 1. The number of carbonyl (C=O) groups excluding carboxylic acids is 3. The molecule has 3 aromatic carbocycles. The summed E-state index contributed by atoms with van der Waals surface area (Å²) in [7, 11) is 1.57. The molecule has 0 aliphatic heterocycles. The normalized spacial score (nSPS) is 11.0. The third-order valence-electron chi connectivity index (χ3n) is 7.31. The summed E-state index contributed by atoms with van der Waals surface area (Å²) >= 11 is 13.2. The molecule has 5 aromatic rings. The maximum Gasteiger partial charge on any atom is 0.251 e. The Kier molecular flexibility index (Phi) is 10.8. The molecule has 2 aromatic heterocycles. The molecule has 2 heterocycles. The lowest BCUT2D eigenvalue weighted by molar-refractivity contribution is -0.122. The summed E-state index contributed by atoms with van der Waals surface area (Å²) in [5, 5.41) is 7.04. The van der Waals surface area contributed by atoms with Gasteiger partial charge in [0.05, 0.1) is 17.3 Å². The molecule has 0 aliphatic rings. The highest BCUT2D eigenvalue weighted by Gasteiger charge is 2.19. The Labute approximate surface area is 282 Å². The van der Waals surface area contributed by atoms with E-state index < -0.39 is 11.8 Å². The van der Waals surface area contributed by atoms with Crippen molar-refractivity contribution in [1.82, 2.24) is 20.6 Å². The Bertz CT molecular complexity index is 1950. The van der Waals surface area contributed by atoms with Crippen molar-refractivity contribution in [3.63, 3.8) is 0 Å². The number of hydrogen-bond acceptors (Lipinski definition) is 6. The summed E-state index contributed by atoms with van der Waals surface area (Å²) in [4.78, 5) is 47.8. The maximum atomic E-state index is 13.0. The fourth-order valence-electron chi connectivity index (χ4n) is 4.64. The van der Waals surface area contributed by atoms with Crippen LogP contribution in [0.3, 0.4) is 0 Å². The fraction of sp³-hybridized carbons (Fsp3) is 0.139. The standard InChI is InChI=1S/C36H31Cl2N5O4/c1-23-6-10-26-4-3-5-31(35(26)42-23)47-22-28-29(37)13-14-30(34(28)38)43(2)33(45)21-40-32(44)15-9-24-7-11-27(12-8-24)36(46)41-20-25-16-18-39-19-17-25/h3-19H,20-22H2,1-2H3,(H,40,44)(H,41,46)/b15-9+. The van der Waals surface area contributed by atoms with Gasteiger partial charge < -0.3 is 20.3 Å². The number of rotatable bonds is 11. The van der Waals surface area contributed by atoms with E-state index in [1.807, 2.05) is 49.4 Å². The monoisotopic (exact) mass is 667 g/mol. The fourth-order valence-corrected chi connectivity index (χ4v) is 5.24. The van der Waals surface area contributed by atoms with Crippen LogP contribution in [0.25, 0.3) is 17.0 Å². The third kappa shape index (κ3) is 8.52. The molecule has 0 radical (unpaired) electrons. The molecule has 0 saturated carbocycles. The topological polar surface area (TPSA) is 114 Å². The minimum Gasteiger partial charge on any atom is -0.487 e. The van der Waals surface area contributed by atoms with Crippen molar-refractivity contribution in [3.8, 4) is 5.75 Å².